The van der Waals surface area contributed by atoms with Crippen LogP contribution in [0.1, 0.15) is 220 Å². The third-order valence-corrected chi connectivity index (χ3v) is 10.1. The summed E-state index contributed by atoms with van der Waals surface area (Å²) in [6.45, 7) is 8.45. The van der Waals surface area contributed by atoms with Gasteiger partial charge in [-0.15, -0.1) is 0 Å². The molecule has 0 aromatic rings. The van der Waals surface area contributed by atoms with Crippen molar-refractivity contribution >= 4 is 12.1 Å². The molecule has 0 radical (unpaired) electrons. The van der Waals surface area contributed by atoms with Gasteiger partial charge in [-0.2, -0.15) is 0 Å². The van der Waals surface area contributed by atoms with Crippen molar-refractivity contribution in [2.24, 2.45) is 0 Å². The molecule has 2 atom stereocenters. The SMILES string of the molecule is CCCCCCCCCCCCCCCCCCOCC(CCCCCCCCC=CCC(CCCCCC)OC(C)=O)OC(=O)OCCCN(C)C. The molecule has 0 aliphatic heterocycles. The van der Waals surface area contributed by atoms with Gasteiger partial charge in [-0.05, 0) is 65.5 Å². The van der Waals surface area contributed by atoms with Crippen LogP contribution in [0.25, 0.3) is 0 Å². The van der Waals surface area contributed by atoms with E-state index < -0.39 is 6.16 Å². The van der Waals surface area contributed by atoms with E-state index >= 15 is 0 Å². The number of nitrogens with zero attached hydrogens (tertiary/aromatic N) is 1. The van der Waals surface area contributed by atoms with Crippen molar-refractivity contribution < 1.29 is 28.5 Å². The summed E-state index contributed by atoms with van der Waals surface area (Å²) in [6.07, 6.45) is 41.7. The van der Waals surface area contributed by atoms with Crippen molar-refractivity contribution in [2.75, 3.05) is 40.5 Å². The van der Waals surface area contributed by atoms with Gasteiger partial charge in [0.05, 0.1) is 13.2 Å². The van der Waals surface area contributed by atoms with E-state index in [-0.39, 0.29) is 18.2 Å². The molecular formula is C46H89NO6. The smallest absolute Gasteiger partial charge is 0.462 e. The third-order valence-electron chi connectivity index (χ3n) is 10.1. The van der Waals surface area contributed by atoms with Crippen LogP contribution in [0.3, 0.4) is 0 Å². The molecule has 0 fully saturated rings. The number of esters is 1. The number of ether oxygens (including phenoxy) is 4. The van der Waals surface area contributed by atoms with E-state index in [4.69, 9.17) is 18.9 Å². The summed E-state index contributed by atoms with van der Waals surface area (Å²) in [5.74, 6) is -0.176. The van der Waals surface area contributed by atoms with E-state index in [0.717, 1.165) is 70.9 Å². The molecule has 0 aliphatic rings. The molecule has 7 heteroatoms. The Labute approximate surface area is 329 Å². The summed E-state index contributed by atoms with van der Waals surface area (Å²) >= 11 is 0. The highest BCUT2D eigenvalue weighted by molar-refractivity contribution is 5.66. The van der Waals surface area contributed by atoms with Crippen LogP contribution >= 0.6 is 0 Å². The predicted octanol–water partition coefficient (Wildman–Crippen LogP) is 13.7. The Kier molecular flexibility index (Phi) is 40.3. The lowest BCUT2D eigenvalue weighted by molar-refractivity contribution is -0.146. The number of rotatable bonds is 41. The fourth-order valence-electron chi connectivity index (χ4n) is 6.82. The molecule has 7 nitrogen and oxygen atoms in total. The van der Waals surface area contributed by atoms with E-state index in [1.54, 1.807) is 0 Å². The summed E-state index contributed by atoms with van der Waals surface area (Å²) in [5, 5.41) is 0. The average Bonchev–Trinajstić information content (AvgIpc) is 3.13. The molecule has 2 unspecified atom stereocenters. The van der Waals surface area contributed by atoms with Crippen LogP contribution in [-0.4, -0.2) is 69.7 Å². The van der Waals surface area contributed by atoms with E-state index in [9.17, 15) is 9.59 Å². The van der Waals surface area contributed by atoms with Crippen LogP contribution in [0.5, 0.6) is 0 Å². The zero-order chi connectivity index (χ0) is 38.9. The second kappa shape index (κ2) is 41.6. The van der Waals surface area contributed by atoms with Crippen molar-refractivity contribution in [1.82, 2.24) is 4.90 Å². The fourth-order valence-corrected chi connectivity index (χ4v) is 6.82. The number of allylic oxidation sites excluding steroid dienone is 1. The minimum absolute atomic E-state index is 0.0162. The normalized spacial score (nSPS) is 12.8. The number of hydrogen-bond donors (Lipinski definition) is 0. The summed E-state index contributed by atoms with van der Waals surface area (Å²) in [7, 11) is 4.03. The monoisotopic (exact) mass is 752 g/mol. The van der Waals surface area contributed by atoms with Gasteiger partial charge in [0, 0.05) is 26.5 Å². The lowest BCUT2D eigenvalue weighted by Crippen LogP contribution is -2.25. The highest BCUT2D eigenvalue weighted by Gasteiger charge is 2.16. The number of unbranched alkanes of at least 4 members (excludes halogenated alkanes) is 24. The van der Waals surface area contributed by atoms with Crippen molar-refractivity contribution in [3.05, 3.63) is 12.2 Å². The van der Waals surface area contributed by atoms with Gasteiger partial charge >= 0.3 is 12.1 Å². The molecule has 0 aliphatic carbocycles. The Bertz CT molecular complexity index is 803. The third kappa shape index (κ3) is 41.4. The Morgan fingerprint density at radius 3 is 1.53 bits per heavy atom. The molecule has 53 heavy (non-hydrogen) atoms. The van der Waals surface area contributed by atoms with Crippen LogP contribution in [0.15, 0.2) is 12.2 Å². The standard InChI is InChI=1S/C46H89NO6/c1-6-8-10-12-13-14-15-16-17-18-19-20-24-27-30-34-40-50-42-45(53-46(49)51-41-35-39-47(4)5)38-33-29-26-23-21-22-25-28-32-37-44(52-43(3)48)36-31-11-9-7-2/h28,32,44-45H,6-27,29-31,33-42H2,1-5H3. The van der Waals surface area contributed by atoms with Gasteiger partial charge in [0.1, 0.15) is 12.2 Å². The number of hydrogen-bond acceptors (Lipinski definition) is 7. The molecule has 0 rings (SSSR count). The molecule has 0 saturated carbocycles. The van der Waals surface area contributed by atoms with E-state index in [2.05, 4.69) is 30.9 Å². The summed E-state index contributed by atoms with van der Waals surface area (Å²) in [5.41, 5.74) is 0. The van der Waals surface area contributed by atoms with Gasteiger partial charge in [-0.1, -0.05) is 167 Å². The van der Waals surface area contributed by atoms with Crippen LogP contribution in [0.2, 0.25) is 0 Å². The van der Waals surface area contributed by atoms with Crippen molar-refractivity contribution in [3.8, 4) is 0 Å². The van der Waals surface area contributed by atoms with Gasteiger partial charge in [0.25, 0.3) is 0 Å². The quantitative estimate of drug-likeness (QED) is 0.0350. The van der Waals surface area contributed by atoms with E-state index in [0.29, 0.717) is 13.2 Å². The van der Waals surface area contributed by atoms with Gasteiger partial charge in [-0.3, -0.25) is 4.79 Å². The van der Waals surface area contributed by atoms with Crippen LogP contribution in [0.4, 0.5) is 4.79 Å². The summed E-state index contributed by atoms with van der Waals surface area (Å²) < 4.78 is 22.6. The lowest BCUT2D eigenvalue weighted by Gasteiger charge is -2.18. The first-order valence-electron chi connectivity index (χ1n) is 22.8. The maximum atomic E-state index is 12.4. The minimum atomic E-state index is -0.566. The van der Waals surface area contributed by atoms with Gasteiger partial charge in [0.15, 0.2) is 0 Å². The Hall–Kier alpha value is -1.60. The first-order chi connectivity index (χ1) is 25.9. The Morgan fingerprint density at radius 1 is 0.528 bits per heavy atom. The highest BCUT2D eigenvalue weighted by atomic mass is 16.7. The molecule has 0 saturated heterocycles. The van der Waals surface area contributed by atoms with Crippen LogP contribution in [-0.2, 0) is 23.7 Å². The zero-order valence-electron chi connectivity index (χ0n) is 36.0. The second-order valence-electron chi connectivity index (χ2n) is 15.9. The second-order valence-corrected chi connectivity index (χ2v) is 15.9. The Balaban J connectivity index is 4.10. The maximum Gasteiger partial charge on any atom is 0.508 e. The van der Waals surface area contributed by atoms with Crippen molar-refractivity contribution in [1.29, 1.82) is 0 Å². The fraction of sp³-hybridized carbons (Fsp3) is 0.913. The first-order valence-corrected chi connectivity index (χ1v) is 22.8. The Morgan fingerprint density at radius 2 is 1.00 bits per heavy atom. The maximum absolute atomic E-state index is 12.4. The molecule has 0 spiro atoms. The first kappa shape index (κ1) is 51.4. The van der Waals surface area contributed by atoms with Gasteiger partial charge < -0.3 is 23.8 Å². The van der Waals surface area contributed by atoms with Gasteiger partial charge in [0.2, 0.25) is 0 Å². The van der Waals surface area contributed by atoms with Crippen molar-refractivity contribution in [3.63, 3.8) is 0 Å². The number of carbonyl (C=O) groups is 2. The molecule has 0 aromatic carbocycles. The molecule has 0 N–H and O–H groups in total. The average molecular weight is 752 g/mol. The number of carbonyl (C=O) groups excluding carboxylic acids is 2. The topological polar surface area (TPSA) is 74.3 Å². The van der Waals surface area contributed by atoms with Crippen molar-refractivity contribution in [2.45, 2.75) is 232 Å². The summed E-state index contributed by atoms with van der Waals surface area (Å²) in [6, 6.07) is 0. The molecular weight excluding hydrogens is 663 g/mol. The van der Waals surface area contributed by atoms with Crippen LogP contribution < -0.4 is 0 Å². The molecule has 0 aromatic heterocycles. The van der Waals surface area contributed by atoms with E-state index in [1.165, 1.54) is 148 Å². The van der Waals surface area contributed by atoms with Crippen LogP contribution in [0, 0.1) is 0 Å². The predicted molar refractivity (Wildman–Crippen MR) is 225 cm³/mol. The molecule has 314 valence electrons. The largest absolute Gasteiger partial charge is 0.508 e. The molecule has 0 heterocycles. The minimum Gasteiger partial charge on any atom is -0.462 e. The molecule has 0 amide bonds. The summed E-state index contributed by atoms with van der Waals surface area (Å²) in [4.78, 5) is 25.9. The molecule has 0 bridgehead atoms. The van der Waals surface area contributed by atoms with Gasteiger partial charge in [-0.25, -0.2) is 4.79 Å². The van der Waals surface area contributed by atoms with E-state index in [1.807, 2.05) is 14.1 Å². The highest BCUT2D eigenvalue weighted by Crippen LogP contribution is 2.16. The lowest BCUT2D eigenvalue weighted by atomic mass is 10.0. The zero-order valence-corrected chi connectivity index (χ0v) is 36.0.